The summed E-state index contributed by atoms with van der Waals surface area (Å²) >= 11 is 0. The average molecular weight is 461 g/mol. The van der Waals surface area contributed by atoms with Gasteiger partial charge in [0.2, 0.25) is 11.8 Å². The Kier molecular flexibility index (Phi) is 9.89. The Morgan fingerprint density at radius 2 is 1.79 bits per heavy atom. The predicted molar refractivity (Wildman–Crippen MR) is 128 cm³/mol. The third-order valence-corrected chi connectivity index (χ3v) is 6.33. The average Bonchev–Trinajstić information content (AvgIpc) is 2.80. The minimum Gasteiger partial charge on any atom is -0.467 e. The molecule has 1 aliphatic carbocycles. The number of nitrogens with one attached hydrogen (secondary N) is 2. The zero-order valence-electron chi connectivity index (χ0n) is 20.9. The molecule has 7 nitrogen and oxygen atoms in total. The molecule has 0 heterocycles. The molecule has 0 spiro atoms. The van der Waals surface area contributed by atoms with Crippen LogP contribution < -0.4 is 10.6 Å². The second kappa shape index (κ2) is 12.2. The SMILES string of the molecule is CCCOC(C(=O)OC)C(CC1CCc2ccccc2C1)C(=O)NC(C(=O)NC)C(C)(C)C. The second-order valence-corrected chi connectivity index (χ2v) is 9.96. The van der Waals surface area contributed by atoms with Crippen molar-refractivity contribution in [2.75, 3.05) is 20.8 Å². The Hall–Kier alpha value is -2.41. The van der Waals surface area contributed by atoms with E-state index in [2.05, 4.69) is 22.8 Å². The van der Waals surface area contributed by atoms with Gasteiger partial charge in [0.15, 0.2) is 6.10 Å². The van der Waals surface area contributed by atoms with Gasteiger partial charge in [-0.15, -0.1) is 0 Å². The zero-order chi connectivity index (χ0) is 24.6. The van der Waals surface area contributed by atoms with Gasteiger partial charge in [-0.25, -0.2) is 4.79 Å². The molecule has 2 amide bonds. The lowest BCUT2D eigenvalue weighted by Gasteiger charge is -2.34. The molecule has 4 atom stereocenters. The number of likely N-dealkylation sites (N-methyl/N-ethyl adjacent to an activating group) is 1. The van der Waals surface area contributed by atoms with Gasteiger partial charge in [0.05, 0.1) is 13.0 Å². The van der Waals surface area contributed by atoms with E-state index in [0.29, 0.717) is 19.4 Å². The molecule has 0 saturated carbocycles. The van der Waals surface area contributed by atoms with Crippen LogP contribution in [-0.2, 0) is 36.7 Å². The Morgan fingerprint density at radius 1 is 1.12 bits per heavy atom. The lowest BCUT2D eigenvalue weighted by atomic mass is 9.77. The third kappa shape index (κ3) is 7.29. The van der Waals surface area contributed by atoms with Crippen LogP contribution in [0.5, 0.6) is 0 Å². The number of aryl methyl sites for hydroxylation is 1. The monoisotopic (exact) mass is 460 g/mol. The van der Waals surface area contributed by atoms with Gasteiger partial charge in [-0.05, 0) is 54.6 Å². The Bertz CT molecular complexity index is 817. The summed E-state index contributed by atoms with van der Waals surface area (Å²) in [5.41, 5.74) is 2.12. The first-order chi connectivity index (χ1) is 15.6. The molecule has 1 aliphatic rings. The van der Waals surface area contributed by atoms with Crippen LogP contribution in [-0.4, -0.2) is 50.7 Å². The molecule has 4 unspecified atom stereocenters. The van der Waals surface area contributed by atoms with Crippen LogP contribution in [0.4, 0.5) is 0 Å². The largest absolute Gasteiger partial charge is 0.467 e. The van der Waals surface area contributed by atoms with E-state index in [0.717, 1.165) is 19.3 Å². The summed E-state index contributed by atoms with van der Waals surface area (Å²) in [4.78, 5) is 38.8. The lowest BCUT2D eigenvalue weighted by molar-refractivity contribution is -0.162. The van der Waals surface area contributed by atoms with Gasteiger partial charge in [0.1, 0.15) is 6.04 Å². The molecule has 33 heavy (non-hydrogen) atoms. The highest BCUT2D eigenvalue weighted by molar-refractivity contribution is 5.91. The summed E-state index contributed by atoms with van der Waals surface area (Å²) in [5, 5.41) is 5.54. The van der Waals surface area contributed by atoms with E-state index in [1.54, 1.807) is 7.05 Å². The van der Waals surface area contributed by atoms with E-state index < -0.39 is 29.4 Å². The van der Waals surface area contributed by atoms with Gasteiger partial charge < -0.3 is 20.1 Å². The number of ether oxygens (including phenoxy) is 2. The number of carbonyl (C=O) groups is 3. The molecule has 7 heteroatoms. The molecular weight excluding hydrogens is 420 g/mol. The van der Waals surface area contributed by atoms with E-state index in [1.165, 1.54) is 18.2 Å². The molecule has 2 rings (SSSR count). The van der Waals surface area contributed by atoms with E-state index in [9.17, 15) is 14.4 Å². The number of hydrogen-bond donors (Lipinski definition) is 2. The third-order valence-electron chi connectivity index (χ3n) is 6.33. The first kappa shape index (κ1) is 26.8. The van der Waals surface area contributed by atoms with Crippen LogP contribution in [0.15, 0.2) is 24.3 Å². The zero-order valence-corrected chi connectivity index (χ0v) is 20.9. The van der Waals surface area contributed by atoms with Crippen molar-refractivity contribution >= 4 is 17.8 Å². The van der Waals surface area contributed by atoms with Gasteiger partial charge in [0.25, 0.3) is 0 Å². The number of methoxy groups -OCH3 is 1. The number of fused-ring (bicyclic) bond motifs is 1. The van der Waals surface area contributed by atoms with Crippen molar-refractivity contribution in [3.63, 3.8) is 0 Å². The number of carbonyl (C=O) groups excluding carboxylic acids is 3. The van der Waals surface area contributed by atoms with Crippen LogP contribution in [0.3, 0.4) is 0 Å². The molecule has 0 aliphatic heterocycles. The summed E-state index contributed by atoms with van der Waals surface area (Å²) in [6, 6.07) is 7.61. The van der Waals surface area contributed by atoms with Crippen LogP contribution in [0.2, 0.25) is 0 Å². The van der Waals surface area contributed by atoms with Crippen LogP contribution in [0, 0.1) is 17.3 Å². The highest BCUT2D eigenvalue weighted by atomic mass is 16.6. The number of esters is 1. The quantitative estimate of drug-likeness (QED) is 0.524. The van der Waals surface area contributed by atoms with E-state index >= 15 is 0 Å². The summed E-state index contributed by atoms with van der Waals surface area (Å²) in [5.74, 6) is -1.73. The van der Waals surface area contributed by atoms with E-state index in [-0.39, 0.29) is 17.7 Å². The minimum absolute atomic E-state index is 0.223. The van der Waals surface area contributed by atoms with Crippen molar-refractivity contribution in [1.29, 1.82) is 0 Å². The van der Waals surface area contributed by atoms with E-state index in [4.69, 9.17) is 9.47 Å². The fraction of sp³-hybridized carbons (Fsp3) is 0.654. The minimum atomic E-state index is -1.02. The summed E-state index contributed by atoms with van der Waals surface area (Å²) in [6.07, 6.45) is 2.89. The van der Waals surface area contributed by atoms with E-state index in [1.807, 2.05) is 39.8 Å². The Balaban J connectivity index is 2.31. The van der Waals surface area contributed by atoms with Gasteiger partial charge in [-0.3, -0.25) is 9.59 Å². The maximum atomic E-state index is 13.6. The number of benzene rings is 1. The Labute approximate surface area is 198 Å². The highest BCUT2D eigenvalue weighted by Gasteiger charge is 2.41. The van der Waals surface area contributed by atoms with Crippen molar-refractivity contribution in [2.24, 2.45) is 17.3 Å². The first-order valence-electron chi connectivity index (χ1n) is 11.9. The molecule has 1 aromatic rings. The number of rotatable bonds is 10. The molecule has 0 radical (unpaired) electrons. The summed E-state index contributed by atoms with van der Waals surface area (Å²) in [7, 11) is 2.85. The molecule has 0 saturated heterocycles. The van der Waals surface area contributed by atoms with Crippen molar-refractivity contribution < 1.29 is 23.9 Å². The summed E-state index contributed by atoms with van der Waals surface area (Å²) in [6.45, 7) is 7.97. The van der Waals surface area contributed by atoms with Gasteiger partial charge in [-0.1, -0.05) is 52.0 Å². The van der Waals surface area contributed by atoms with Crippen LogP contribution in [0.1, 0.15) is 58.1 Å². The molecule has 0 bridgehead atoms. The fourth-order valence-corrected chi connectivity index (χ4v) is 4.48. The van der Waals surface area contributed by atoms with Crippen molar-refractivity contribution in [2.45, 2.75) is 71.9 Å². The molecular formula is C26H40N2O5. The second-order valence-electron chi connectivity index (χ2n) is 9.96. The maximum Gasteiger partial charge on any atom is 0.335 e. The Morgan fingerprint density at radius 3 is 2.36 bits per heavy atom. The molecule has 2 N–H and O–H groups in total. The molecule has 0 fully saturated rings. The summed E-state index contributed by atoms with van der Waals surface area (Å²) < 4.78 is 10.9. The van der Waals surface area contributed by atoms with Gasteiger partial charge in [0, 0.05) is 13.7 Å². The van der Waals surface area contributed by atoms with Crippen LogP contribution >= 0.6 is 0 Å². The topological polar surface area (TPSA) is 93.7 Å². The van der Waals surface area contributed by atoms with Gasteiger partial charge >= 0.3 is 5.97 Å². The number of amides is 2. The van der Waals surface area contributed by atoms with Gasteiger partial charge in [-0.2, -0.15) is 0 Å². The van der Waals surface area contributed by atoms with Crippen molar-refractivity contribution in [3.8, 4) is 0 Å². The molecule has 1 aromatic carbocycles. The fourth-order valence-electron chi connectivity index (χ4n) is 4.48. The smallest absolute Gasteiger partial charge is 0.335 e. The number of hydrogen-bond acceptors (Lipinski definition) is 5. The standard InChI is InChI=1S/C26H40N2O5/c1-7-14-33-21(25(31)32-6)20(23(29)28-22(24(30)27-5)26(2,3)4)16-17-12-13-18-10-8-9-11-19(18)15-17/h8-11,17,20-22H,7,12-16H2,1-6H3,(H,27,30)(H,28,29). The lowest BCUT2D eigenvalue weighted by Crippen LogP contribution is -2.56. The maximum absolute atomic E-state index is 13.6. The molecule has 0 aromatic heterocycles. The van der Waals surface area contributed by atoms with Crippen molar-refractivity contribution in [3.05, 3.63) is 35.4 Å². The van der Waals surface area contributed by atoms with Crippen LogP contribution in [0.25, 0.3) is 0 Å². The predicted octanol–water partition coefficient (Wildman–Crippen LogP) is 3.04. The normalized spacial score (nSPS) is 18.4. The first-order valence-corrected chi connectivity index (χ1v) is 11.9. The van der Waals surface area contributed by atoms with Crippen molar-refractivity contribution in [1.82, 2.24) is 10.6 Å². The molecule has 184 valence electrons. The highest BCUT2D eigenvalue weighted by Crippen LogP contribution is 2.32.